The van der Waals surface area contributed by atoms with Crippen molar-refractivity contribution < 1.29 is 18.9 Å². The van der Waals surface area contributed by atoms with Gasteiger partial charge in [0.05, 0.1) is 20.3 Å². The molecule has 0 aromatic heterocycles. The largest absolute Gasteiger partial charge is 0.493 e. The number of hydrogen-bond acceptors (Lipinski definition) is 4. The zero-order valence-electron chi connectivity index (χ0n) is 11.7. The van der Waals surface area contributed by atoms with E-state index in [1.54, 1.807) is 7.11 Å². The molecule has 1 saturated heterocycles. The van der Waals surface area contributed by atoms with Crippen molar-refractivity contribution in [1.82, 2.24) is 0 Å². The van der Waals surface area contributed by atoms with Crippen LogP contribution in [0.1, 0.15) is 32.6 Å². The summed E-state index contributed by atoms with van der Waals surface area (Å²) in [6, 6.07) is 5.63. The summed E-state index contributed by atoms with van der Waals surface area (Å²) in [5.41, 5.74) is 0. The Kier molecular flexibility index (Phi) is 5.33. The lowest BCUT2D eigenvalue weighted by molar-refractivity contribution is -0.105. The topological polar surface area (TPSA) is 36.9 Å². The maximum Gasteiger partial charge on any atom is 0.199 e. The van der Waals surface area contributed by atoms with Gasteiger partial charge in [-0.3, -0.25) is 0 Å². The van der Waals surface area contributed by atoms with E-state index < -0.39 is 0 Å². The third-order valence-corrected chi connectivity index (χ3v) is 3.00. The zero-order valence-corrected chi connectivity index (χ0v) is 11.7. The van der Waals surface area contributed by atoms with E-state index in [2.05, 4.69) is 6.92 Å². The Labute approximate surface area is 114 Å². The van der Waals surface area contributed by atoms with Gasteiger partial charge in [0.1, 0.15) is 5.75 Å². The van der Waals surface area contributed by atoms with Crippen LogP contribution in [0.4, 0.5) is 0 Å². The van der Waals surface area contributed by atoms with Crippen LogP contribution >= 0.6 is 0 Å². The SMILES string of the molecule is CCCOc1ccc(OC2CCCCO2)cc1OC. The third kappa shape index (κ3) is 4.03. The van der Waals surface area contributed by atoms with Gasteiger partial charge < -0.3 is 18.9 Å². The average molecular weight is 266 g/mol. The lowest BCUT2D eigenvalue weighted by Gasteiger charge is -2.23. The third-order valence-electron chi connectivity index (χ3n) is 3.00. The Morgan fingerprint density at radius 2 is 2.16 bits per heavy atom. The van der Waals surface area contributed by atoms with E-state index in [0.29, 0.717) is 12.4 Å². The quantitative estimate of drug-likeness (QED) is 0.791. The molecular weight excluding hydrogens is 244 g/mol. The molecule has 0 N–H and O–H groups in total. The fourth-order valence-corrected chi connectivity index (χ4v) is 2.01. The molecule has 1 heterocycles. The summed E-state index contributed by atoms with van der Waals surface area (Å²) in [7, 11) is 1.63. The van der Waals surface area contributed by atoms with Gasteiger partial charge in [0.25, 0.3) is 0 Å². The molecule has 4 heteroatoms. The van der Waals surface area contributed by atoms with E-state index in [-0.39, 0.29) is 6.29 Å². The van der Waals surface area contributed by atoms with E-state index in [1.807, 2.05) is 18.2 Å². The van der Waals surface area contributed by atoms with Gasteiger partial charge in [0.15, 0.2) is 17.8 Å². The van der Waals surface area contributed by atoms with Crippen LogP contribution in [0.3, 0.4) is 0 Å². The fraction of sp³-hybridized carbons (Fsp3) is 0.600. The standard InChI is InChI=1S/C15H22O4/c1-3-9-17-13-8-7-12(11-14(13)16-2)19-15-6-4-5-10-18-15/h7-8,11,15H,3-6,9-10H2,1-2H3. The molecule has 0 spiro atoms. The molecule has 1 atom stereocenters. The summed E-state index contributed by atoms with van der Waals surface area (Å²) in [4.78, 5) is 0. The van der Waals surface area contributed by atoms with Crippen LogP contribution in [0.15, 0.2) is 18.2 Å². The Morgan fingerprint density at radius 3 is 2.84 bits per heavy atom. The first-order chi connectivity index (χ1) is 9.33. The van der Waals surface area contributed by atoms with E-state index in [4.69, 9.17) is 18.9 Å². The minimum Gasteiger partial charge on any atom is -0.493 e. The van der Waals surface area contributed by atoms with Crippen LogP contribution in [0, 0.1) is 0 Å². The van der Waals surface area contributed by atoms with Gasteiger partial charge in [-0.05, 0) is 31.4 Å². The summed E-state index contributed by atoms with van der Waals surface area (Å²) in [6.07, 6.45) is 4.04. The van der Waals surface area contributed by atoms with Crippen molar-refractivity contribution in [2.75, 3.05) is 20.3 Å². The second kappa shape index (κ2) is 7.24. The molecule has 4 nitrogen and oxygen atoms in total. The summed E-state index contributed by atoms with van der Waals surface area (Å²) < 4.78 is 22.3. The highest BCUT2D eigenvalue weighted by Gasteiger charge is 2.16. The average Bonchev–Trinajstić information content (AvgIpc) is 2.47. The lowest BCUT2D eigenvalue weighted by atomic mass is 10.2. The molecular formula is C15H22O4. The normalized spacial score (nSPS) is 18.9. The van der Waals surface area contributed by atoms with Crippen molar-refractivity contribution in [1.29, 1.82) is 0 Å². The molecule has 1 aliphatic heterocycles. The molecule has 1 unspecified atom stereocenters. The first kappa shape index (κ1) is 14.0. The Hall–Kier alpha value is -1.42. The van der Waals surface area contributed by atoms with Crippen molar-refractivity contribution in [3.63, 3.8) is 0 Å². The number of hydrogen-bond donors (Lipinski definition) is 0. The molecule has 2 rings (SSSR count). The maximum atomic E-state index is 5.80. The van der Waals surface area contributed by atoms with Crippen LogP contribution in [0.2, 0.25) is 0 Å². The Morgan fingerprint density at radius 1 is 1.26 bits per heavy atom. The van der Waals surface area contributed by atoms with E-state index in [1.165, 1.54) is 0 Å². The fourth-order valence-electron chi connectivity index (χ4n) is 2.01. The molecule has 1 aromatic carbocycles. The first-order valence-corrected chi connectivity index (χ1v) is 6.92. The highest BCUT2D eigenvalue weighted by Crippen LogP contribution is 2.32. The van der Waals surface area contributed by atoms with Crippen molar-refractivity contribution in [3.05, 3.63) is 18.2 Å². The second-order valence-electron chi connectivity index (χ2n) is 4.58. The number of benzene rings is 1. The van der Waals surface area contributed by atoms with Gasteiger partial charge in [-0.2, -0.15) is 0 Å². The number of methoxy groups -OCH3 is 1. The molecule has 0 radical (unpaired) electrons. The van der Waals surface area contributed by atoms with Crippen molar-refractivity contribution in [3.8, 4) is 17.2 Å². The highest BCUT2D eigenvalue weighted by atomic mass is 16.7. The van der Waals surface area contributed by atoms with Gasteiger partial charge in [-0.1, -0.05) is 6.92 Å². The van der Waals surface area contributed by atoms with Crippen molar-refractivity contribution >= 4 is 0 Å². The zero-order chi connectivity index (χ0) is 13.5. The Balaban J connectivity index is 2.00. The van der Waals surface area contributed by atoms with Gasteiger partial charge in [0.2, 0.25) is 0 Å². The summed E-state index contributed by atoms with van der Waals surface area (Å²) in [5.74, 6) is 2.20. The van der Waals surface area contributed by atoms with Gasteiger partial charge >= 0.3 is 0 Å². The lowest BCUT2D eigenvalue weighted by Crippen LogP contribution is -2.24. The summed E-state index contributed by atoms with van der Waals surface area (Å²) in [6.45, 7) is 3.53. The minimum atomic E-state index is -0.138. The molecule has 1 aromatic rings. The van der Waals surface area contributed by atoms with Crippen LogP contribution in [-0.4, -0.2) is 26.6 Å². The number of ether oxygens (including phenoxy) is 4. The van der Waals surface area contributed by atoms with Gasteiger partial charge in [0, 0.05) is 12.5 Å². The monoisotopic (exact) mass is 266 g/mol. The molecule has 106 valence electrons. The van der Waals surface area contributed by atoms with Gasteiger partial charge in [-0.25, -0.2) is 0 Å². The maximum absolute atomic E-state index is 5.80. The number of rotatable bonds is 6. The first-order valence-electron chi connectivity index (χ1n) is 6.92. The Bertz CT molecular complexity index is 386. The molecule has 1 aliphatic rings. The van der Waals surface area contributed by atoms with Gasteiger partial charge in [-0.15, -0.1) is 0 Å². The molecule has 0 amide bonds. The van der Waals surface area contributed by atoms with E-state index in [9.17, 15) is 0 Å². The smallest absolute Gasteiger partial charge is 0.199 e. The molecule has 1 fully saturated rings. The molecule has 0 bridgehead atoms. The molecule has 19 heavy (non-hydrogen) atoms. The molecule has 0 aliphatic carbocycles. The second-order valence-corrected chi connectivity index (χ2v) is 4.58. The van der Waals surface area contributed by atoms with Crippen LogP contribution in [0.5, 0.6) is 17.2 Å². The van der Waals surface area contributed by atoms with Crippen LogP contribution in [0.25, 0.3) is 0 Å². The van der Waals surface area contributed by atoms with E-state index in [0.717, 1.165) is 43.8 Å². The van der Waals surface area contributed by atoms with Crippen molar-refractivity contribution in [2.24, 2.45) is 0 Å². The molecule has 0 saturated carbocycles. The predicted molar refractivity (Wildman–Crippen MR) is 73.0 cm³/mol. The van der Waals surface area contributed by atoms with Crippen LogP contribution in [-0.2, 0) is 4.74 Å². The summed E-state index contributed by atoms with van der Waals surface area (Å²) in [5, 5.41) is 0. The van der Waals surface area contributed by atoms with Crippen molar-refractivity contribution in [2.45, 2.75) is 38.9 Å². The summed E-state index contributed by atoms with van der Waals surface area (Å²) >= 11 is 0. The van der Waals surface area contributed by atoms with Crippen LogP contribution < -0.4 is 14.2 Å². The minimum absolute atomic E-state index is 0.138. The predicted octanol–water partition coefficient (Wildman–Crippen LogP) is 3.39. The van der Waals surface area contributed by atoms with E-state index >= 15 is 0 Å². The highest BCUT2D eigenvalue weighted by molar-refractivity contribution is 5.45.